The Morgan fingerprint density at radius 2 is 1.88 bits per heavy atom. The highest BCUT2D eigenvalue weighted by atomic mass is 16.1. The molecule has 0 aromatic heterocycles. The Morgan fingerprint density at radius 3 is 2.41 bits per heavy atom. The lowest BCUT2D eigenvalue weighted by atomic mass is 10.0. The van der Waals surface area contributed by atoms with Crippen molar-refractivity contribution < 1.29 is 4.79 Å². The third-order valence-corrected chi connectivity index (χ3v) is 3.42. The van der Waals surface area contributed by atoms with Gasteiger partial charge in [0.1, 0.15) is 0 Å². The summed E-state index contributed by atoms with van der Waals surface area (Å²) in [5.41, 5.74) is 5.89. The molecule has 17 heavy (non-hydrogen) atoms. The highest BCUT2D eigenvalue weighted by Crippen LogP contribution is 2.08. The van der Waals surface area contributed by atoms with E-state index >= 15 is 0 Å². The van der Waals surface area contributed by atoms with Crippen LogP contribution in [0.4, 0.5) is 0 Å². The Balaban J connectivity index is 2.20. The summed E-state index contributed by atoms with van der Waals surface area (Å²) < 4.78 is 0. The molecule has 2 unspecified atom stereocenters. The zero-order chi connectivity index (χ0) is 12.8. The van der Waals surface area contributed by atoms with E-state index in [1.54, 1.807) is 0 Å². The zero-order valence-corrected chi connectivity index (χ0v) is 11.4. The van der Waals surface area contributed by atoms with Gasteiger partial charge in [-0.3, -0.25) is 4.79 Å². The molecule has 0 aromatic carbocycles. The molecule has 1 saturated heterocycles. The average molecular weight is 241 g/mol. The van der Waals surface area contributed by atoms with Crippen LogP contribution in [0.2, 0.25) is 0 Å². The number of nitrogens with zero attached hydrogens (tertiary/aromatic N) is 1. The van der Waals surface area contributed by atoms with E-state index in [0.29, 0.717) is 12.3 Å². The van der Waals surface area contributed by atoms with Crippen LogP contribution in [0, 0.1) is 5.92 Å². The Morgan fingerprint density at radius 1 is 1.29 bits per heavy atom. The fourth-order valence-electron chi connectivity index (χ4n) is 2.18. The normalized spacial score (nSPS) is 20.5. The van der Waals surface area contributed by atoms with E-state index in [2.05, 4.69) is 17.1 Å². The second-order valence-electron chi connectivity index (χ2n) is 5.59. The summed E-state index contributed by atoms with van der Waals surface area (Å²) in [5, 5.41) is 3.03. The predicted octanol–water partition coefficient (Wildman–Crippen LogP) is 0.960. The van der Waals surface area contributed by atoms with Gasteiger partial charge in [0.25, 0.3) is 0 Å². The molecular weight excluding hydrogens is 214 g/mol. The van der Waals surface area contributed by atoms with Crippen LogP contribution in [0.5, 0.6) is 0 Å². The first-order valence-electron chi connectivity index (χ1n) is 6.76. The van der Waals surface area contributed by atoms with Gasteiger partial charge in [-0.25, -0.2) is 0 Å². The second-order valence-corrected chi connectivity index (χ2v) is 5.59. The standard InChI is InChI=1S/C13H27N3O/c1-10(2)12(14)8-13(17)15-11(3)9-16-6-4-5-7-16/h10-12H,4-9,14H2,1-3H3,(H,15,17). The van der Waals surface area contributed by atoms with Gasteiger partial charge < -0.3 is 16.0 Å². The number of carbonyl (C=O) groups excluding carboxylic acids is 1. The van der Waals surface area contributed by atoms with Crippen molar-refractivity contribution in [3.05, 3.63) is 0 Å². The molecule has 0 radical (unpaired) electrons. The molecular formula is C13H27N3O. The molecule has 0 aromatic rings. The summed E-state index contributed by atoms with van der Waals surface area (Å²) >= 11 is 0. The number of rotatable bonds is 6. The smallest absolute Gasteiger partial charge is 0.221 e. The van der Waals surface area contributed by atoms with Crippen LogP contribution in [0.1, 0.15) is 40.0 Å². The minimum absolute atomic E-state index is 0.0333. The molecule has 4 nitrogen and oxygen atoms in total. The highest BCUT2D eigenvalue weighted by Gasteiger charge is 2.17. The van der Waals surface area contributed by atoms with Crippen molar-refractivity contribution >= 4 is 5.91 Å². The summed E-state index contributed by atoms with van der Waals surface area (Å²) in [7, 11) is 0. The number of hydrogen-bond donors (Lipinski definition) is 2. The monoisotopic (exact) mass is 241 g/mol. The van der Waals surface area contributed by atoms with Gasteiger partial charge >= 0.3 is 0 Å². The summed E-state index contributed by atoms with van der Waals surface area (Å²) in [4.78, 5) is 14.1. The topological polar surface area (TPSA) is 58.4 Å². The average Bonchev–Trinajstić information content (AvgIpc) is 2.69. The van der Waals surface area contributed by atoms with E-state index in [4.69, 9.17) is 5.73 Å². The van der Waals surface area contributed by atoms with Gasteiger partial charge in [0.15, 0.2) is 0 Å². The van der Waals surface area contributed by atoms with Crippen LogP contribution in [0.3, 0.4) is 0 Å². The second kappa shape index (κ2) is 6.97. The van der Waals surface area contributed by atoms with Gasteiger partial charge in [0.2, 0.25) is 5.91 Å². The van der Waals surface area contributed by atoms with Gasteiger partial charge in [-0.2, -0.15) is 0 Å². The largest absolute Gasteiger partial charge is 0.352 e. The lowest BCUT2D eigenvalue weighted by Crippen LogP contribution is -2.43. The van der Waals surface area contributed by atoms with E-state index in [1.807, 2.05) is 13.8 Å². The number of amides is 1. The molecule has 2 atom stereocenters. The third kappa shape index (κ3) is 5.50. The Bertz CT molecular complexity index is 237. The van der Waals surface area contributed by atoms with Crippen LogP contribution in [0.25, 0.3) is 0 Å². The molecule has 1 heterocycles. The van der Waals surface area contributed by atoms with Crippen molar-refractivity contribution in [1.29, 1.82) is 0 Å². The van der Waals surface area contributed by atoms with Gasteiger partial charge in [0.05, 0.1) is 0 Å². The van der Waals surface area contributed by atoms with Crippen molar-refractivity contribution in [2.24, 2.45) is 11.7 Å². The lowest BCUT2D eigenvalue weighted by Gasteiger charge is -2.22. The van der Waals surface area contributed by atoms with E-state index < -0.39 is 0 Å². The van der Waals surface area contributed by atoms with Crippen molar-refractivity contribution in [3.8, 4) is 0 Å². The molecule has 1 aliphatic rings. The first-order valence-corrected chi connectivity index (χ1v) is 6.76. The molecule has 0 bridgehead atoms. The molecule has 1 aliphatic heterocycles. The molecule has 1 fully saturated rings. The Kier molecular flexibility index (Phi) is 5.92. The van der Waals surface area contributed by atoms with Crippen molar-refractivity contribution in [3.63, 3.8) is 0 Å². The van der Waals surface area contributed by atoms with Crippen LogP contribution in [-0.2, 0) is 4.79 Å². The quantitative estimate of drug-likeness (QED) is 0.728. The van der Waals surface area contributed by atoms with E-state index in [9.17, 15) is 4.79 Å². The molecule has 3 N–H and O–H groups in total. The van der Waals surface area contributed by atoms with Crippen LogP contribution >= 0.6 is 0 Å². The maximum atomic E-state index is 11.7. The Labute approximate surface area is 105 Å². The fraction of sp³-hybridized carbons (Fsp3) is 0.923. The Hall–Kier alpha value is -0.610. The molecule has 4 heteroatoms. The minimum Gasteiger partial charge on any atom is -0.352 e. The maximum absolute atomic E-state index is 11.7. The molecule has 1 amide bonds. The van der Waals surface area contributed by atoms with Crippen molar-refractivity contribution in [1.82, 2.24) is 10.2 Å². The highest BCUT2D eigenvalue weighted by molar-refractivity contribution is 5.76. The fourth-order valence-corrected chi connectivity index (χ4v) is 2.18. The van der Waals surface area contributed by atoms with Gasteiger partial charge in [-0.1, -0.05) is 13.8 Å². The van der Waals surface area contributed by atoms with Crippen LogP contribution in [0.15, 0.2) is 0 Å². The number of nitrogens with two attached hydrogens (primary N) is 1. The van der Waals surface area contributed by atoms with E-state index in [0.717, 1.165) is 6.54 Å². The van der Waals surface area contributed by atoms with Gasteiger partial charge in [-0.15, -0.1) is 0 Å². The molecule has 0 saturated carbocycles. The summed E-state index contributed by atoms with van der Waals surface area (Å²) in [5.74, 6) is 0.438. The SMILES string of the molecule is CC(CN1CCCC1)NC(=O)CC(N)C(C)C. The number of nitrogens with one attached hydrogen (secondary N) is 1. The lowest BCUT2D eigenvalue weighted by molar-refractivity contribution is -0.122. The summed E-state index contributed by atoms with van der Waals surface area (Å²) in [6, 6.07) is 0.189. The van der Waals surface area contributed by atoms with Gasteiger partial charge in [0, 0.05) is 25.0 Å². The first-order chi connectivity index (χ1) is 7.99. The van der Waals surface area contributed by atoms with Crippen LogP contribution < -0.4 is 11.1 Å². The van der Waals surface area contributed by atoms with Crippen LogP contribution in [-0.4, -0.2) is 42.5 Å². The van der Waals surface area contributed by atoms with E-state index in [1.165, 1.54) is 25.9 Å². The number of carbonyl (C=O) groups is 1. The molecule has 0 spiro atoms. The predicted molar refractivity (Wildman–Crippen MR) is 70.7 cm³/mol. The molecule has 0 aliphatic carbocycles. The first kappa shape index (κ1) is 14.5. The third-order valence-electron chi connectivity index (χ3n) is 3.42. The minimum atomic E-state index is -0.0333. The molecule has 1 rings (SSSR count). The van der Waals surface area contributed by atoms with Gasteiger partial charge in [-0.05, 0) is 38.8 Å². The van der Waals surface area contributed by atoms with Crippen molar-refractivity contribution in [2.75, 3.05) is 19.6 Å². The molecule has 100 valence electrons. The van der Waals surface area contributed by atoms with Crippen molar-refractivity contribution in [2.45, 2.75) is 52.1 Å². The number of hydrogen-bond acceptors (Lipinski definition) is 3. The maximum Gasteiger partial charge on any atom is 0.221 e. The van der Waals surface area contributed by atoms with E-state index in [-0.39, 0.29) is 18.0 Å². The summed E-state index contributed by atoms with van der Waals surface area (Å²) in [6.45, 7) is 9.47. The zero-order valence-electron chi connectivity index (χ0n) is 11.4. The number of likely N-dealkylation sites (tertiary alicyclic amines) is 1. The summed E-state index contributed by atoms with van der Waals surface area (Å²) in [6.07, 6.45) is 3.01.